The van der Waals surface area contributed by atoms with Gasteiger partial charge >= 0.3 is 5.97 Å². The standard InChI is InChI=1S/C13H14N2O3/c1-2-9-3-5-10(6-4-9)14-7-12-15-11(8-18-12)13(16)17/h3-6,8,14H,2,7H2,1H3,(H,16,17). The molecule has 0 unspecified atom stereocenters. The Balaban J connectivity index is 1.95. The number of hydrogen-bond acceptors (Lipinski definition) is 4. The molecular weight excluding hydrogens is 232 g/mol. The highest BCUT2D eigenvalue weighted by Gasteiger charge is 2.09. The number of rotatable bonds is 5. The maximum Gasteiger partial charge on any atom is 0.357 e. The molecule has 1 aromatic carbocycles. The molecule has 5 heteroatoms. The number of carbonyl (C=O) groups is 1. The second kappa shape index (κ2) is 5.35. The van der Waals surface area contributed by atoms with Crippen molar-refractivity contribution in [2.75, 3.05) is 5.32 Å². The number of nitrogens with zero attached hydrogens (tertiary/aromatic N) is 1. The molecular formula is C13H14N2O3. The number of aryl methyl sites for hydroxylation is 1. The van der Waals surface area contributed by atoms with Gasteiger partial charge in [0, 0.05) is 5.69 Å². The first-order valence-corrected chi connectivity index (χ1v) is 5.69. The zero-order valence-electron chi connectivity index (χ0n) is 10.0. The van der Waals surface area contributed by atoms with E-state index in [1.54, 1.807) is 0 Å². The van der Waals surface area contributed by atoms with Gasteiger partial charge in [-0.25, -0.2) is 9.78 Å². The number of benzene rings is 1. The van der Waals surface area contributed by atoms with Gasteiger partial charge in [0.05, 0.1) is 6.54 Å². The molecule has 0 aliphatic heterocycles. The molecule has 2 aromatic rings. The summed E-state index contributed by atoms with van der Waals surface area (Å²) in [7, 11) is 0. The van der Waals surface area contributed by atoms with Crippen molar-refractivity contribution in [1.29, 1.82) is 0 Å². The molecule has 5 nitrogen and oxygen atoms in total. The summed E-state index contributed by atoms with van der Waals surface area (Å²) in [5, 5.41) is 11.8. The highest BCUT2D eigenvalue weighted by atomic mass is 16.4. The molecule has 0 spiro atoms. The van der Waals surface area contributed by atoms with Gasteiger partial charge in [-0.05, 0) is 24.1 Å². The van der Waals surface area contributed by atoms with Gasteiger partial charge in [-0.2, -0.15) is 0 Å². The molecule has 0 atom stereocenters. The smallest absolute Gasteiger partial charge is 0.357 e. The van der Waals surface area contributed by atoms with E-state index in [-0.39, 0.29) is 5.69 Å². The quantitative estimate of drug-likeness (QED) is 0.847. The van der Waals surface area contributed by atoms with E-state index in [1.807, 2.05) is 24.3 Å². The Morgan fingerprint density at radius 3 is 2.67 bits per heavy atom. The summed E-state index contributed by atoms with van der Waals surface area (Å²) in [6.07, 6.45) is 2.14. The van der Waals surface area contributed by atoms with Crippen LogP contribution in [0.5, 0.6) is 0 Å². The van der Waals surface area contributed by atoms with Gasteiger partial charge in [0.25, 0.3) is 0 Å². The van der Waals surface area contributed by atoms with Gasteiger partial charge in [-0.1, -0.05) is 19.1 Å². The number of hydrogen-bond donors (Lipinski definition) is 2. The molecule has 0 fully saturated rings. The third-order valence-electron chi connectivity index (χ3n) is 2.58. The lowest BCUT2D eigenvalue weighted by Crippen LogP contribution is -2.01. The fraction of sp³-hybridized carbons (Fsp3) is 0.231. The van der Waals surface area contributed by atoms with Gasteiger partial charge in [-0.3, -0.25) is 0 Å². The van der Waals surface area contributed by atoms with Crippen LogP contribution in [0.4, 0.5) is 5.69 Å². The Bertz CT molecular complexity index is 531. The Labute approximate surface area is 104 Å². The molecule has 0 bridgehead atoms. The first-order chi connectivity index (χ1) is 8.69. The van der Waals surface area contributed by atoms with Crippen LogP contribution < -0.4 is 5.32 Å². The lowest BCUT2D eigenvalue weighted by Gasteiger charge is -2.04. The molecule has 2 rings (SSSR count). The fourth-order valence-corrected chi connectivity index (χ4v) is 1.53. The predicted molar refractivity (Wildman–Crippen MR) is 66.6 cm³/mol. The number of aromatic nitrogens is 1. The van der Waals surface area contributed by atoms with E-state index in [9.17, 15) is 4.79 Å². The number of carboxylic acids is 1. The summed E-state index contributed by atoms with van der Waals surface area (Å²) in [4.78, 5) is 14.4. The average molecular weight is 246 g/mol. The Morgan fingerprint density at radius 1 is 1.39 bits per heavy atom. The maximum atomic E-state index is 10.6. The van der Waals surface area contributed by atoms with Crippen LogP contribution in [0.25, 0.3) is 0 Å². The van der Waals surface area contributed by atoms with E-state index in [4.69, 9.17) is 9.52 Å². The first-order valence-electron chi connectivity index (χ1n) is 5.69. The molecule has 2 N–H and O–H groups in total. The Hall–Kier alpha value is -2.30. The van der Waals surface area contributed by atoms with Crippen LogP contribution in [0.15, 0.2) is 34.9 Å². The molecule has 0 amide bonds. The molecule has 0 aliphatic carbocycles. The number of aromatic carboxylic acids is 1. The van der Waals surface area contributed by atoms with Crippen molar-refractivity contribution in [3.05, 3.63) is 47.7 Å². The van der Waals surface area contributed by atoms with Crippen molar-refractivity contribution < 1.29 is 14.3 Å². The Kier molecular flexibility index (Phi) is 3.62. The fourth-order valence-electron chi connectivity index (χ4n) is 1.53. The summed E-state index contributed by atoms with van der Waals surface area (Å²) < 4.78 is 5.04. The van der Waals surface area contributed by atoms with E-state index in [1.165, 1.54) is 5.56 Å². The summed E-state index contributed by atoms with van der Waals surface area (Å²) >= 11 is 0. The van der Waals surface area contributed by atoms with Gasteiger partial charge in [0.1, 0.15) is 6.26 Å². The van der Waals surface area contributed by atoms with E-state index in [0.29, 0.717) is 12.4 Å². The van der Waals surface area contributed by atoms with Crippen LogP contribution in [0.1, 0.15) is 28.9 Å². The number of anilines is 1. The van der Waals surface area contributed by atoms with Gasteiger partial charge < -0.3 is 14.8 Å². The molecule has 0 saturated heterocycles. The lowest BCUT2D eigenvalue weighted by atomic mass is 10.1. The van der Waals surface area contributed by atoms with E-state index in [2.05, 4.69) is 17.2 Å². The highest BCUT2D eigenvalue weighted by molar-refractivity contribution is 5.84. The van der Waals surface area contributed by atoms with Crippen LogP contribution in [0.2, 0.25) is 0 Å². The minimum Gasteiger partial charge on any atom is -0.476 e. The molecule has 1 heterocycles. The van der Waals surface area contributed by atoms with E-state index >= 15 is 0 Å². The van der Waals surface area contributed by atoms with Crippen LogP contribution in [-0.2, 0) is 13.0 Å². The minimum absolute atomic E-state index is 0.0758. The first kappa shape index (κ1) is 12.2. The largest absolute Gasteiger partial charge is 0.476 e. The number of carboxylic acid groups (broad SMARTS) is 1. The molecule has 0 aliphatic rings. The van der Waals surface area contributed by atoms with Crippen molar-refractivity contribution >= 4 is 11.7 Å². The van der Waals surface area contributed by atoms with Crippen LogP contribution in [0.3, 0.4) is 0 Å². The second-order valence-electron chi connectivity index (χ2n) is 3.84. The van der Waals surface area contributed by atoms with Crippen molar-refractivity contribution in [2.24, 2.45) is 0 Å². The average Bonchev–Trinajstić information content (AvgIpc) is 2.86. The van der Waals surface area contributed by atoms with Crippen molar-refractivity contribution in [2.45, 2.75) is 19.9 Å². The van der Waals surface area contributed by atoms with Gasteiger partial charge in [0.15, 0.2) is 5.69 Å². The second-order valence-corrected chi connectivity index (χ2v) is 3.84. The number of nitrogens with one attached hydrogen (secondary N) is 1. The van der Waals surface area contributed by atoms with Crippen molar-refractivity contribution in [3.63, 3.8) is 0 Å². The summed E-state index contributed by atoms with van der Waals surface area (Å²) in [6.45, 7) is 2.46. The summed E-state index contributed by atoms with van der Waals surface area (Å²) in [6, 6.07) is 8.03. The zero-order chi connectivity index (χ0) is 13.0. The zero-order valence-corrected chi connectivity index (χ0v) is 10.0. The normalized spacial score (nSPS) is 10.3. The lowest BCUT2D eigenvalue weighted by molar-refractivity contribution is 0.0690. The molecule has 0 saturated carbocycles. The van der Waals surface area contributed by atoms with Crippen molar-refractivity contribution in [3.8, 4) is 0 Å². The minimum atomic E-state index is -1.09. The number of oxazole rings is 1. The van der Waals surface area contributed by atoms with Crippen LogP contribution >= 0.6 is 0 Å². The SMILES string of the molecule is CCc1ccc(NCc2nc(C(=O)O)co2)cc1. The predicted octanol–water partition coefficient (Wildman–Crippen LogP) is 2.55. The highest BCUT2D eigenvalue weighted by Crippen LogP contribution is 2.11. The molecule has 94 valence electrons. The Morgan fingerprint density at radius 2 is 2.11 bits per heavy atom. The molecule has 1 aromatic heterocycles. The monoisotopic (exact) mass is 246 g/mol. The molecule has 0 radical (unpaired) electrons. The topological polar surface area (TPSA) is 75.4 Å². The third-order valence-corrected chi connectivity index (χ3v) is 2.58. The third kappa shape index (κ3) is 2.88. The van der Waals surface area contributed by atoms with E-state index < -0.39 is 5.97 Å². The molecule has 18 heavy (non-hydrogen) atoms. The van der Waals surface area contributed by atoms with Crippen molar-refractivity contribution in [1.82, 2.24) is 4.98 Å². The van der Waals surface area contributed by atoms with Gasteiger partial charge in [-0.15, -0.1) is 0 Å². The summed E-state index contributed by atoms with van der Waals surface area (Å²) in [5.74, 6) is -0.732. The summed E-state index contributed by atoms with van der Waals surface area (Å²) in [5.41, 5.74) is 2.14. The van der Waals surface area contributed by atoms with E-state index in [0.717, 1.165) is 18.4 Å². The van der Waals surface area contributed by atoms with Crippen LogP contribution in [-0.4, -0.2) is 16.1 Å². The van der Waals surface area contributed by atoms with Crippen LogP contribution in [0, 0.1) is 0 Å². The van der Waals surface area contributed by atoms with Gasteiger partial charge in [0.2, 0.25) is 5.89 Å². The maximum absolute atomic E-state index is 10.6.